The molecule has 3 rings (SSSR count). The molecule has 1 amide bonds. The van der Waals surface area contributed by atoms with Crippen molar-refractivity contribution in [2.24, 2.45) is 0 Å². The monoisotopic (exact) mass is 327 g/mol. The highest BCUT2D eigenvalue weighted by molar-refractivity contribution is 5.76. The number of imidazole rings is 1. The van der Waals surface area contributed by atoms with Crippen LogP contribution < -0.4 is 5.32 Å². The standard InChI is InChI=1S/C19H25N3O2/c1-14(2)16-6-3-15(4-7-16)5-8-19(23)21-12-17-11-20-18-13-24-10-9-22(17)18/h3-4,6-7,11,14H,5,8-10,12-13H2,1-2H3,(H,21,23). The van der Waals surface area contributed by atoms with E-state index >= 15 is 0 Å². The first-order valence-corrected chi connectivity index (χ1v) is 8.60. The van der Waals surface area contributed by atoms with Crippen molar-refractivity contribution in [1.29, 1.82) is 0 Å². The summed E-state index contributed by atoms with van der Waals surface area (Å²) in [5.74, 6) is 1.55. The van der Waals surface area contributed by atoms with Crippen LogP contribution in [0, 0.1) is 0 Å². The van der Waals surface area contributed by atoms with Gasteiger partial charge in [0.2, 0.25) is 5.91 Å². The molecule has 0 fully saturated rings. The van der Waals surface area contributed by atoms with Crippen LogP contribution in [0.5, 0.6) is 0 Å². The summed E-state index contributed by atoms with van der Waals surface area (Å²) in [6.45, 7) is 6.96. The van der Waals surface area contributed by atoms with Gasteiger partial charge in [-0.15, -0.1) is 0 Å². The predicted molar refractivity (Wildman–Crippen MR) is 92.6 cm³/mol. The highest BCUT2D eigenvalue weighted by Gasteiger charge is 2.14. The third kappa shape index (κ3) is 4.03. The van der Waals surface area contributed by atoms with Gasteiger partial charge in [-0.05, 0) is 23.5 Å². The minimum Gasteiger partial charge on any atom is -0.372 e. The molecule has 0 atom stereocenters. The van der Waals surface area contributed by atoms with Gasteiger partial charge in [0.05, 0.1) is 25.0 Å². The smallest absolute Gasteiger partial charge is 0.220 e. The van der Waals surface area contributed by atoms with Crippen molar-refractivity contribution in [2.75, 3.05) is 6.61 Å². The van der Waals surface area contributed by atoms with Crippen LogP contribution in [0.25, 0.3) is 0 Å². The zero-order valence-corrected chi connectivity index (χ0v) is 14.4. The van der Waals surface area contributed by atoms with Crippen LogP contribution in [0.1, 0.15) is 48.8 Å². The number of hydrogen-bond acceptors (Lipinski definition) is 3. The number of rotatable bonds is 6. The van der Waals surface area contributed by atoms with Gasteiger partial charge in [0.25, 0.3) is 0 Å². The molecule has 5 nitrogen and oxygen atoms in total. The Morgan fingerprint density at radius 1 is 1.33 bits per heavy atom. The summed E-state index contributed by atoms with van der Waals surface area (Å²) in [5, 5.41) is 2.99. The Kier molecular flexibility index (Phi) is 5.30. The first kappa shape index (κ1) is 16.7. The largest absolute Gasteiger partial charge is 0.372 e. The van der Waals surface area contributed by atoms with Crippen LogP contribution in [0.3, 0.4) is 0 Å². The van der Waals surface area contributed by atoms with Crippen LogP contribution in [-0.2, 0) is 35.6 Å². The average Bonchev–Trinajstić information content (AvgIpc) is 3.01. The van der Waals surface area contributed by atoms with Crippen molar-refractivity contribution < 1.29 is 9.53 Å². The molecule has 1 N–H and O–H groups in total. The van der Waals surface area contributed by atoms with Gasteiger partial charge in [0.15, 0.2) is 0 Å². The van der Waals surface area contributed by atoms with E-state index < -0.39 is 0 Å². The molecule has 0 radical (unpaired) electrons. The second kappa shape index (κ2) is 7.62. The van der Waals surface area contributed by atoms with Crippen LogP contribution in [0.4, 0.5) is 0 Å². The van der Waals surface area contributed by atoms with Gasteiger partial charge >= 0.3 is 0 Å². The quantitative estimate of drug-likeness (QED) is 0.887. The number of carbonyl (C=O) groups excluding carboxylic acids is 1. The molecule has 5 heteroatoms. The van der Waals surface area contributed by atoms with E-state index in [2.05, 4.69) is 53.0 Å². The second-order valence-electron chi connectivity index (χ2n) is 6.54. The number of ether oxygens (including phenoxy) is 1. The fourth-order valence-electron chi connectivity index (χ4n) is 2.91. The Balaban J connectivity index is 1.47. The summed E-state index contributed by atoms with van der Waals surface area (Å²) in [4.78, 5) is 16.4. The Labute approximate surface area is 143 Å². The SMILES string of the molecule is CC(C)c1ccc(CCC(=O)NCc2cnc3n2CCOC3)cc1. The number of amides is 1. The predicted octanol–water partition coefficient (Wildman–Crippen LogP) is 2.79. The van der Waals surface area contributed by atoms with Gasteiger partial charge in [-0.25, -0.2) is 4.98 Å². The molecule has 0 saturated carbocycles. The Morgan fingerprint density at radius 3 is 2.88 bits per heavy atom. The summed E-state index contributed by atoms with van der Waals surface area (Å²) in [5.41, 5.74) is 3.58. The van der Waals surface area contributed by atoms with E-state index in [0.717, 1.165) is 24.5 Å². The van der Waals surface area contributed by atoms with Crippen LogP contribution >= 0.6 is 0 Å². The number of aromatic nitrogens is 2. The summed E-state index contributed by atoms with van der Waals surface area (Å²) in [6.07, 6.45) is 3.10. The third-order valence-corrected chi connectivity index (χ3v) is 4.47. The van der Waals surface area contributed by atoms with E-state index in [0.29, 0.717) is 32.1 Å². The highest BCUT2D eigenvalue weighted by atomic mass is 16.5. The molecule has 128 valence electrons. The molecule has 1 aromatic carbocycles. The molecule has 0 bridgehead atoms. The summed E-state index contributed by atoms with van der Waals surface area (Å²) < 4.78 is 7.51. The molecule has 0 aliphatic carbocycles. The molecule has 0 saturated heterocycles. The normalized spacial score (nSPS) is 13.8. The lowest BCUT2D eigenvalue weighted by Crippen LogP contribution is -2.26. The number of aryl methyl sites for hydroxylation is 1. The molecular weight excluding hydrogens is 302 g/mol. The zero-order chi connectivity index (χ0) is 16.9. The van der Waals surface area contributed by atoms with Crippen molar-refractivity contribution >= 4 is 5.91 Å². The van der Waals surface area contributed by atoms with E-state index in [4.69, 9.17) is 4.74 Å². The van der Waals surface area contributed by atoms with E-state index in [-0.39, 0.29) is 5.91 Å². The average molecular weight is 327 g/mol. The maximum absolute atomic E-state index is 12.1. The number of benzene rings is 1. The summed E-state index contributed by atoms with van der Waals surface area (Å²) in [6, 6.07) is 8.54. The van der Waals surface area contributed by atoms with Gasteiger partial charge in [0, 0.05) is 13.0 Å². The van der Waals surface area contributed by atoms with E-state index in [1.165, 1.54) is 11.1 Å². The van der Waals surface area contributed by atoms with Crippen molar-refractivity contribution in [3.63, 3.8) is 0 Å². The van der Waals surface area contributed by atoms with Crippen LogP contribution in [-0.4, -0.2) is 22.1 Å². The van der Waals surface area contributed by atoms with Crippen molar-refractivity contribution in [2.45, 2.75) is 52.3 Å². The maximum Gasteiger partial charge on any atom is 0.220 e. The molecule has 0 spiro atoms. The number of hydrogen-bond donors (Lipinski definition) is 1. The minimum absolute atomic E-state index is 0.0746. The van der Waals surface area contributed by atoms with Crippen LogP contribution in [0.2, 0.25) is 0 Å². The maximum atomic E-state index is 12.1. The Morgan fingerprint density at radius 2 is 2.12 bits per heavy atom. The number of nitrogens with one attached hydrogen (secondary N) is 1. The van der Waals surface area contributed by atoms with Crippen molar-refractivity contribution in [1.82, 2.24) is 14.9 Å². The topological polar surface area (TPSA) is 56.2 Å². The molecule has 1 aliphatic rings. The summed E-state index contributed by atoms with van der Waals surface area (Å²) >= 11 is 0. The van der Waals surface area contributed by atoms with Gasteiger partial charge in [-0.2, -0.15) is 0 Å². The number of carbonyl (C=O) groups is 1. The van der Waals surface area contributed by atoms with Crippen molar-refractivity contribution in [3.05, 3.63) is 53.1 Å². The number of nitrogens with zero attached hydrogens (tertiary/aromatic N) is 2. The van der Waals surface area contributed by atoms with Gasteiger partial charge in [0.1, 0.15) is 12.4 Å². The van der Waals surface area contributed by atoms with Gasteiger partial charge in [-0.3, -0.25) is 4.79 Å². The summed E-state index contributed by atoms with van der Waals surface area (Å²) in [7, 11) is 0. The minimum atomic E-state index is 0.0746. The molecule has 1 aliphatic heterocycles. The molecule has 1 aromatic heterocycles. The fourth-order valence-corrected chi connectivity index (χ4v) is 2.91. The Hall–Kier alpha value is -2.14. The molecule has 24 heavy (non-hydrogen) atoms. The second-order valence-corrected chi connectivity index (χ2v) is 6.54. The fraction of sp³-hybridized carbons (Fsp3) is 0.474. The van der Waals surface area contributed by atoms with Crippen LogP contribution in [0.15, 0.2) is 30.5 Å². The van der Waals surface area contributed by atoms with E-state index in [1.54, 1.807) is 0 Å². The lowest BCUT2D eigenvalue weighted by Gasteiger charge is -2.17. The Bertz CT molecular complexity index is 689. The molecule has 0 unspecified atom stereocenters. The van der Waals surface area contributed by atoms with E-state index in [1.807, 2.05) is 6.20 Å². The number of fused-ring (bicyclic) bond motifs is 1. The van der Waals surface area contributed by atoms with Gasteiger partial charge in [-0.1, -0.05) is 38.1 Å². The zero-order valence-electron chi connectivity index (χ0n) is 14.4. The third-order valence-electron chi connectivity index (χ3n) is 4.47. The molecule has 2 aromatic rings. The van der Waals surface area contributed by atoms with E-state index in [9.17, 15) is 4.79 Å². The molecule has 2 heterocycles. The molecular formula is C19H25N3O2. The lowest BCUT2D eigenvalue weighted by atomic mass is 10.0. The van der Waals surface area contributed by atoms with Gasteiger partial charge < -0.3 is 14.6 Å². The first-order valence-electron chi connectivity index (χ1n) is 8.60. The van der Waals surface area contributed by atoms with Crippen molar-refractivity contribution in [3.8, 4) is 0 Å². The highest BCUT2D eigenvalue weighted by Crippen LogP contribution is 2.15. The first-order chi connectivity index (χ1) is 11.6. The lowest BCUT2D eigenvalue weighted by molar-refractivity contribution is -0.121.